The fourth-order valence-corrected chi connectivity index (χ4v) is 2.34. The van der Waals surface area contributed by atoms with E-state index in [0.29, 0.717) is 5.16 Å². The van der Waals surface area contributed by atoms with Crippen LogP contribution in [0.2, 0.25) is 0 Å². The van der Waals surface area contributed by atoms with Crippen LogP contribution in [0.1, 0.15) is 46.4 Å². The molecule has 1 rings (SSSR count). The highest BCUT2D eigenvalue weighted by Gasteiger charge is 2.21. The zero-order valence-corrected chi connectivity index (χ0v) is 13.0. The van der Waals surface area contributed by atoms with Gasteiger partial charge in [-0.2, -0.15) is 0 Å². The molecule has 1 aromatic heterocycles. The smallest absolute Gasteiger partial charge is 0.313 e. The molecule has 0 bridgehead atoms. The van der Waals surface area contributed by atoms with Gasteiger partial charge < -0.3 is 9.67 Å². The van der Waals surface area contributed by atoms with Crippen molar-refractivity contribution in [2.45, 2.75) is 58.7 Å². The number of aromatic nitrogens is 3. The first-order valence-electron chi connectivity index (χ1n) is 6.66. The van der Waals surface area contributed by atoms with E-state index in [-0.39, 0.29) is 11.2 Å². The van der Waals surface area contributed by atoms with Gasteiger partial charge in [0.05, 0.1) is 5.75 Å². The third-order valence-electron chi connectivity index (χ3n) is 3.14. The van der Waals surface area contributed by atoms with E-state index >= 15 is 0 Å². The predicted octanol–water partition coefficient (Wildman–Crippen LogP) is 2.84. The molecule has 1 heterocycles. The number of nitrogens with zero attached hydrogens (tertiary/aromatic N) is 3. The van der Waals surface area contributed by atoms with Gasteiger partial charge in [-0.25, -0.2) is 0 Å². The van der Waals surface area contributed by atoms with Crippen LogP contribution in [0.15, 0.2) is 5.16 Å². The molecule has 0 saturated carbocycles. The molecule has 0 spiro atoms. The number of thioether (sulfide) groups is 1. The van der Waals surface area contributed by atoms with Gasteiger partial charge >= 0.3 is 5.97 Å². The molecular weight excluding hydrogens is 262 g/mol. The molecule has 0 saturated heterocycles. The Labute approximate surface area is 118 Å². The number of aryl methyl sites for hydroxylation is 1. The number of carboxylic acid groups (broad SMARTS) is 1. The van der Waals surface area contributed by atoms with Gasteiger partial charge in [0.25, 0.3) is 0 Å². The Kier molecular flexibility index (Phi) is 5.85. The summed E-state index contributed by atoms with van der Waals surface area (Å²) in [5, 5.41) is 17.8. The molecule has 0 aliphatic heterocycles. The molecule has 0 radical (unpaired) electrons. The highest BCUT2D eigenvalue weighted by Crippen LogP contribution is 2.27. The summed E-state index contributed by atoms with van der Waals surface area (Å²) in [6, 6.07) is 0. The van der Waals surface area contributed by atoms with Crippen LogP contribution in [-0.2, 0) is 17.8 Å². The van der Waals surface area contributed by atoms with Crippen LogP contribution in [-0.4, -0.2) is 31.6 Å². The molecule has 0 amide bonds. The fourth-order valence-electron chi connectivity index (χ4n) is 1.66. The lowest BCUT2D eigenvalue weighted by Crippen LogP contribution is -2.21. The van der Waals surface area contributed by atoms with E-state index in [1.54, 1.807) is 0 Å². The number of carbonyl (C=O) groups is 1. The summed E-state index contributed by atoms with van der Waals surface area (Å²) in [6.45, 7) is 9.50. The quantitative estimate of drug-likeness (QED) is 0.744. The van der Waals surface area contributed by atoms with E-state index in [2.05, 4.69) is 42.5 Å². The van der Waals surface area contributed by atoms with Crippen molar-refractivity contribution in [2.75, 3.05) is 5.75 Å². The second-order valence-corrected chi connectivity index (χ2v) is 6.38. The summed E-state index contributed by atoms with van der Waals surface area (Å²) < 4.78 is 2.08. The summed E-state index contributed by atoms with van der Waals surface area (Å²) >= 11 is 1.24. The average Bonchev–Trinajstić information content (AvgIpc) is 2.69. The maximum absolute atomic E-state index is 10.7. The van der Waals surface area contributed by atoms with Crippen molar-refractivity contribution in [3.63, 3.8) is 0 Å². The van der Waals surface area contributed by atoms with Crippen molar-refractivity contribution < 1.29 is 9.90 Å². The van der Waals surface area contributed by atoms with E-state index < -0.39 is 5.97 Å². The van der Waals surface area contributed by atoms with Crippen molar-refractivity contribution in [1.29, 1.82) is 0 Å². The molecule has 19 heavy (non-hydrogen) atoms. The first-order valence-corrected chi connectivity index (χ1v) is 7.65. The van der Waals surface area contributed by atoms with E-state index in [1.165, 1.54) is 11.8 Å². The van der Waals surface area contributed by atoms with Crippen molar-refractivity contribution in [2.24, 2.45) is 5.41 Å². The molecule has 0 aromatic carbocycles. The van der Waals surface area contributed by atoms with Gasteiger partial charge in [-0.1, -0.05) is 39.5 Å². The van der Waals surface area contributed by atoms with Crippen molar-refractivity contribution >= 4 is 17.7 Å². The predicted molar refractivity (Wildman–Crippen MR) is 76.4 cm³/mol. The summed E-state index contributed by atoms with van der Waals surface area (Å²) in [7, 11) is 0. The monoisotopic (exact) mass is 285 g/mol. The number of hydrogen-bond acceptors (Lipinski definition) is 4. The van der Waals surface area contributed by atoms with Gasteiger partial charge in [0.1, 0.15) is 5.82 Å². The Morgan fingerprint density at radius 3 is 2.58 bits per heavy atom. The first-order chi connectivity index (χ1) is 8.89. The Morgan fingerprint density at radius 1 is 1.37 bits per heavy atom. The minimum Gasteiger partial charge on any atom is -0.481 e. The lowest BCUT2D eigenvalue weighted by molar-refractivity contribution is -0.133. The van der Waals surface area contributed by atoms with Gasteiger partial charge in [-0.05, 0) is 18.3 Å². The maximum atomic E-state index is 10.7. The van der Waals surface area contributed by atoms with Crippen LogP contribution in [0.5, 0.6) is 0 Å². The van der Waals surface area contributed by atoms with Crippen molar-refractivity contribution in [3.05, 3.63) is 5.82 Å². The Morgan fingerprint density at radius 2 is 2.05 bits per heavy atom. The SMILES string of the molecule is CCCc1nnc(SCC(=O)O)n1CC(C)(C)CC. The molecule has 1 N–H and O–H groups in total. The maximum Gasteiger partial charge on any atom is 0.313 e. The Bertz CT molecular complexity index is 430. The molecule has 0 aliphatic rings. The molecule has 6 heteroatoms. The van der Waals surface area contributed by atoms with Crippen LogP contribution < -0.4 is 0 Å². The molecule has 0 atom stereocenters. The minimum atomic E-state index is -0.827. The molecular formula is C13H23N3O2S. The third kappa shape index (κ3) is 4.86. The van der Waals surface area contributed by atoms with Crippen LogP contribution in [0, 0.1) is 5.41 Å². The number of hydrogen-bond donors (Lipinski definition) is 1. The lowest BCUT2D eigenvalue weighted by atomic mass is 9.90. The minimum absolute atomic E-state index is 0.0246. The van der Waals surface area contributed by atoms with Gasteiger partial charge in [0, 0.05) is 13.0 Å². The molecule has 5 nitrogen and oxygen atoms in total. The molecule has 0 unspecified atom stereocenters. The molecule has 0 aliphatic carbocycles. The van der Waals surface area contributed by atoms with Crippen LogP contribution >= 0.6 is 11.8 Å². The summed E-state index contributed by atoms with van der Waals surface area (Å²) in [5.74, 6) is 0.153. The second kappa shape index (κ2) is 6.93. The van der Waals surface area contributed by atoms with Crippen LogP contribution in [0.25, 0.3) is 0 Å². The summed E-state index contributed by atoms with van der Waals surface area (Å²) in [4.78, 5) is 10.7. The number of carboxylic acids is 1. The third-order valence-corrected chi connectivity index (χ3v) is 4.09. The second-order valence-electron chi connectivity index (χ2n) is 5.44. The van der Waals surface area contributed by atoms with Crippen molar-refractivity contribution in [3.8, 4) is 0 Å². The van der Waals surface area contributed by atoms with Gasteiger partial charge in [0.15, 0.2) is 5.16 Å². The zero-order chi connectivity index (χ0) is 14.5. The van der Waals surface area contributed by atoms with E-state index in [1.807, 2.05) is 0 Å². The molecule has 108 valence electrons. The fraction of sp³-hybridized carbons (Fsp3) is 0.769. The van der Waals surface area contributed by atoms with Crippen LogP contribution in [0.3, 0.4) is 0 Å². The van der Waals surface area contributed by atoms with Gasteiger partial charge in [0.2, 0.25) is 0 Å². The normalized spacial score (nSPS) is 11.8. The highest BCUT2D eigenvalue weighted by molar-refractivity contribution is 7.99. The highest BCUT2D eigenvalue weighted by atomic mass is 32.2. The lowest BCUT2D eigenvalue weighted by Gasteiger charge is -2.24. The Balaban J connectivity index is 2.94. The number of aliphatic carboxylic acids is 1. The van der Waals surface area contributed by atoms with Crippen molar-refractivity contribution in [1.82, 2.24) is 14.8 Å². The zero-order valence-electron chi connectivity index (χ0n) is 12.1. The van der Waals surface area contributed by atoms with E-state index in [9.17, 15) is 4.79 Å². The van der Waals surface area contributed by atoms with E-state index in [0.717, 1.165) is 31.6 Å². The Hall–Kier alpha value is -1.04. The summed E-state index contributed by atoms with van der Waals surface area (Å²) in [5.41, 5.74) is 0.156. The largest absolute Gasteiger partial charge is 0.481 e. The van der Waals surface area contributed by atoms with Gasteiger partial charge in [-0.15, -0.1) is 10.2 Å². The topological polar surface area (TPSA) is 68.0 Å². The molecule has 0 fully saturated rings. The van der Waals surface area contributed by atoms with Crippen LogP contribution in [0.4, 0.5) is 0 Å². The van der Waals surface area contributed by atoms with Gasteiger partial charge in [-0.3, -0.25) is 4.79 Å². The van der Waals surface area contributed by atoms with E-state index in [4.69, 9.17) is 5.11 Å². The summed E-state index contributed by atoms with van der Waals surface area (Å²) in [6.07, 6.45) is 2.94. The molecule has 1 aromatic rings. The first kappa shape index (κ1) is 16.0. The standard InChI is InChI=1S/C13H23N3O2S/c1-5-7-10-14-15-12(19-8-11(17)18)16(10)9-13(3,4)6-2/h5-9H2,1-4H3,(H,17,18). The number of rotatable bonds is 8. The average molecular weight is 285 g/mol.